The van der Waals surface area contributed by atoms with Crippen molar-refractivity contribution >= 4 is 21.8 Å². The molecule has 0 spiro atoms. The number of hydrogen-bond donors (Lipinski definition) is 1. The average Bonchev–Trinajstić information content (AvgIpc) is 2.27. The summed E-state index contributed by atoms with van der Waals surface area (Å²) in [5.41, 5.74) is 0.149. The fourth-order valence-electron chi connectivity index (χ4n) is 1.36. The minimum atomic E-state index is -4.49. The van der Waals surface area contributed by atoms with Gasteiger partial charge >= 0.3 is 6.18 Å². The molecule has 1 amide bonds. The lowest BCUT2D eigenvalue weighted by atomic mass is 10.2. The maximum atomic E-state index is 12.3. The number of carbonyl (C=O) groups excluding carboxylic acids is 1. The topological polar surface area (TPSA) is 40.5 Å². The summed E-state index contributed by atoms with van der Waals surface area (Å²) in [6.45, 7) is -2.24. The second kappa shape index (κ2) is 6.19. The van der Waals surface area contributed by atoms with Crippen LogP contribution in [0.15, 0.2) is 28.7 Å². The van der Waals surface area contributed by atoms with E-state index < -0.39 is 25.2 Å². The monoisotopic (exact) mass is 325 g/mol. The molecule has 3 nitrogen and oxygen atoms in total. The van der Waals surface area contributed by atoms with Gasteiger partial charge in [-0.1, -0.05) is 15.9 Å². The van der Waals surface area contributed by atoms with Crippen LogP contribution in [0.25, 0.3) is 0 Å². The van der Waals surface area contributed by atoms with E-state index in [0.29, 0.717) is 4.90 Å². The Kier molecular flexibility index (Phi) is 5.15. The number of hydrogen-bond acceptors (Lipinski definition) is 2. The van der Waals surface area contributed by atoms with Crippen molar-refractivity contribution in [2.75, 3.05) is 19.7 Å². The van der Waals surface area contributed by atoms with E-state index in [1.54, 1.807) is 12.1 Å². The molecule has 1 N–H and O–H groups in total. The minimum absolute atomic E-state index is 0.149. The molecule has 0 fully saturated rings. The third kappa shape index (κ3) is 4.66. The van der Waals surface area contributed by atoms with Crippen LogP contribution in [0.4, 0.5) is 13.2 Å². The molecule has 0 bridgehead atoms. The van der Waals surface area contributed by atoms with Gasteiger partial charge < -0.3 is 10.0 Å². The van der Waals surface area contributed by atoms with Gasteiger partial charge in [-0.25, -0.2) is 0 Å². The molecule has 0 atom stereocenters. The van der Waals surface area contributed by atoms with Crippen LogP contribution in [0.2, 0.25) is 0 Å². The van der Waals surface area contributed by atoms with E-state index in [9.17, 15) is 18.0 Å². The van der Waals surface area contributed by atoms with E-state index in [0.717, 1.165) is 4.47 Å². The van der Waals surface area contributed by atoms with Crippen LogP contribution in [0.1, 0.15) is 10.4 Å². The molecule has 1 rings (SSSR count). The molecule has 0 heterocycles. The van der Waals surface area contributed by atoms with E-state index in [1.807, 2.05) is 0 Å². The summed E-state index contributed by atoms with van der Waals surface area (Å²) >= 11 is 3.17. The van der Waals surface area contributed by atoms with E-state index >= 15 is 0 Å². The molecule has 0 saturated carbocycles. The molecular formula is C11H11BrF3NO2. The first-order valence-electron chi connectivity index (χ1n) is 5.06. The lowest BCUT2D eigenvalue weighted by Crippen LogP contribution is -2.40. The Bertz CT molecular complexity index is 406. The third-order valence-electron chi connectivity index (χ3n) is 2.12. The predicted octanol–water partition coefficient (Wildman–Crippen LogP) is 2.45. The van der Waals surface area contributed by atoms with E-state index in [4.69, 9.17) is 5.11 Å². The molecule has 100 valence electrons. The van der Waals surface area contributed by atoms with Crippen LogP contribution < -0.4 is 0 Å². The van der Waals surface area contributed by atoms with E-state index in [1.165, 1.54) is 12.1 Å². The molecule has 0 unspecified atom stereocenters. The maximum absolute atomic E-state index is 12.3. The Balaban J connectivity index is 2.85. The number of benzene rings is 1. The minimum Gasteiger partial charge on any atom is -0.395 e. The van der Waals surface area contributed by atoms with Gasteiger partial charge in [-0.2, -0.15) is 13.2 Å². The third-order valence-corrected chi connectivity index (χ3v) is 2.65. The van der Waals surface area contributed by atoms with Crippen molar-refractivity contribution in [2.45, 2.75) is 6.18 Å². The van der Waals surface area contributed by atoms with Gasteiger partial charge in [0.1, 0.15) is 6.54 Å². The summed E-state index contributed by atoms with van der Waals surface area (Å²) in [7, 11) is 0. The van der Waals surface area contributed by atoms with Crippen molar-refractivity contribution in [3.05, 3.63) is 34.3 Å². The number of alkyl halides is 3. The largest absolute Gasteiger partial charge is 0.406 e. The Morgan fingerprint density at radius 2 is 1.83 bits per heavy atom. The first-order valence-corrected chi connectivity index (χ1v) is 5.85. The molecule has 0 radical (unpaired) electrons. The Labute approximate surface area is 110 Å². The summed E-state index contributed by atoms with van der Waals surface area (Å²) in [5.74, 6) is -0.756. The zero-order valence-electron chi connectivity index (χ0n) is 9.25. The predicted molar refractivity (Wildman–Crippen MR) is 63.2 cm³/mol. The second-order valence-electron chi connectivity index (χ2n) is 3.57. The van der Waals surface area contributed by atoms with Crippen molar-refractivity contribution in [3.63, 3.8) is 0 Å². The number of amides is 1. The van der Waals surface area contributed by atoms with Gasteiger partial charge in [-0.05, 0) is 24.3 Å². The van der Waals surface area contributed by atoms with Crippen LogP contribution in [0.5, 0.6) is 0 Å². The maximum Gasteiger partial charge on any atom is 0.406 e. The quantitative estimate of drug-likeness (QED) is 0.923. The standard InChI is InChI=1S/C11H11BrF3NO2/c12-9-3-1-8(2-4-9)10(18)16(5-6-17)7-11(13,14)15/h1-4,17H,5-7H2. The van der Waals surface area contributed by atoms with Crippen LogP contribution >= 0.6 is 15.9 Å². The fourth-order valence-corrected chi connectivity index (χ4v) is 1.63. The van der Waals surface area contributed by atoms with Crippen molar-refractivity contribution in [3.8, 4) is 0 Å². The highest BCUT2D eigenvalue weighted by Crippen LogP contribution is 2.18. The van der Waals surface area contributed by atoms with Gasteiger partial charge in [-0.15, -0.1) is 0 Å². The van der Waals surface area contributed by atoms with Crippen molar-refractivity contribution in [1.82, 2.24) is 4.90 Å². The lowest BCUT2D eigenvalue weighted by Gasteiger charge is -2.23. The second-order valence-corrected chi connectivity index (χ2v) is 4.49. The molecule has 18 heavy (non-hydrogen) atoms. The number of aliphatic hydroxyl groups is 1. The zero-order chi connectivity index (χ0) is 13.8. The van der Waals surface area contributed by atoms with Gasteiger partial charge in [-0.3, -0.25) is 4.79 Å². The highest BCUT2D eigenvalue weighted by Gasteiger charge is 2.33. The lowest BCUT2D eigenvalue weighted by molar-refractivity contribution is -0.141. The zero-order valence-corrected chi connectivity index (χ0v) is 10.8. The molecule has 0 saturated heterocycles. The highest BCUT2D eigenvalue weighted by atomic mass is 79.9. The summed E-state index contributed by atoms with van der Waals surface area (Å²) < 4.78 is 37.6. The number of rotatable bonds is 4. The van der Waals surface area contributed by atoms with Crippen molar-refractivity contribution < 1.29 is 23.1 Å². The normalized spacial score (nSPS) is 11.4. The van der Waals surface area contributed by atoms with Crippen LogP contribution in [-0.4, -0.2) is 41.8 Å². The fraction of sp³-hybridized carbons (Fsp3) is 0.364. The summed E-state index contributed by atoms with van der Waals surface area (Å²) in [6.07, 6.45) is -4.49. The van der Waals surface area contributed by atoms with E-state index in [2.05, 4.69) is 15.9 Å². The van der Waals surface area contributed by atoms with Gasteiger partial charge in [0.25, 0.3) is 5.91 Å². The summed E-state index contributed by atoms with van der Waals surface area (Å²) in [4.78, 5) is 12.4. The highest BCUT2D eigenvalue weighted by molar-refractivity contribution is 9.10. The number of nitrogens with zero attached hydrogens (tertiary/aromatic N) is 1. The molecule has 1 aromatic carbocycles. The van der Waals surface area contributed by atoms with Crippen molar-refractivity contribution in [2.24, 2.45) is 0 Å². The van der Waals surface area contributed by atoms with Crippen molar-refractivity contribution in [1.29, 1.82) is 0 Å². The molecular weight excluding hydrogens is 315 g/mol. The van der Waals surface area contributed by atoms with Gasteiger partial charge in [0.2, 0.25) is 0 Å². The summed E-state index contributed by atoms with van der Waals surface area (Å²) in [6, 6.07) is 5.98. The smallest absolute Gasteiger partial charge is 0.395 e. The number of aliphatic hydroxyl groups excluding tert-OH is 1. The molecule has 7 heteroatoms. The Hall–Kier alpha value is -1.08. The molecule has 0 aliphatic heterocycles. The van der Waals surface area contributed by atoms with Crippen LogP contribution in [0.3, 0.4) is 0 Å². The van der Waals surface area contributed by atoms with Gasteiger partial charge in [0.05, 0.1) is 6.61 Å². The molecule has 0 aromatic heterocycles. The Morgan fingerprint density at radius 3 is 2.28 bits per heavy atom. The molecule has 0 aliphatic rings. The number of halogens is 4. The van der Waals surface area contributed by atoms with E-state index in [-0.39, 0.29) is 12.1 Å². The molecule has 1 aromatic rings. The average molecular weight is 326 g/mol. The van der Waals surface area contributed by atoms with Crippen LogP contribution in [0, 0.1) is 0 Å². The number of carbonyl (C=O) groups is 1. The first-order chi connectivity index (χ1) is 8.33. The molecule has 0 aliphatic carbocycles. The SMILES string of the molecule is O=C(c1ccc(Br)cc1)N(CCO)CC(F)(F)F. The van der Waals surface area contributed by atoms with Gasteiger partial charge in [0.15, 0.2) is 0 Å². The van der Waals surface area contributed by atoms with Gasteiger partial charge in [0, 0.05) is 16.6 Å². The summed E-state index contributed by atoms with van der Waals surface area (Å²) in [5, 5.41) is 8.70. The first kappa shape index (κ1) is 15.0. The Morgan fingerprint density at radius 1 is 1.28 bits per heavy atom. The van der Waals surface area contributed by atoms with Crippen LogP contribution in [-0.2, 0) is 0 Å².